The zero-order chi connectivity index (χ0) is 20.9. The molecule has 2 aromatic rings. The highest BCUT2D eigenvalue weighted by Crippen LogP contribution is 2.23. The van der Waals surface area contributed by atoms with E-state index in [9.17, 15) is 12.8 Å². The second kappa shape index (κ2) is 9.94. The number of piperazine rings is 1. The number of aryl methyl sites for hydroxylation is 1. The van der Waals surface area contributed by atoms with Crippen LogP contribution in [0.4, 0.5) is 10.1 Å². The number of nitrogens with zero attached hydrogens (tertiary/aromatic N) is 1. The number of hydrogen-bond donors (Lipinski definition) is 1. The first-order chi connectivity index (χ1) is 13.8. The van der Waals surface area contributed by atoms with Crippen LogP contribution in [0.5, 0.6) is 0 Å². The quantitative estimate of drug-likeness (QED) is 0.606. The summed E-state index contributed by atoms with van der Waals surface area (Å²) in [6, 6.07) is 11.6. The van der Waals surface area contributed by atoms with Gasteiger partial charge in [-0.1, -0.05) is 35.3 Å². The molecule has 0 amide bonds. The van der Waals surface area contributed by atoms with Crippen LogP contribution in [0.1, 0.15) is 18.4 Å². The molecule has 0 spiro atoms. The van der Waals surface area contributed by atoms with E-state index in [0.717, 1.165) is 24.1 Å². The van der Waals surface area contributed by atoms with Crippen molar-refractivity contribution in [2.24, 2.45) is 0 Å². The maximum Gasteiger partial charge on any atom is 0.188 e. The van der Waals surface area contributed by atoms with Crippen LogP contribution < -0.4 is 10.2 Å². The average Bonchev–Trinajstić information content (AvgIpc) is 2.71. The molecule has 1 aliphatic heterocycles. The van der Waals surface area contributed by atoms with Crippen LogP contribution in [-0.2, 0) is 16.3 Å². The molecule has 1 fully saturated rings. The minimum absolute atomic E-state index is 0.308. The van der Waals surface area contributed by atoms with E-state index in [-0.39, 0.29) is 5.82 Å². The first-order valence-electron chi connectivity index (χ1n) is 9.43. The van der Waals surface area contributed by atoms with Gasteiger partial charge in [-0.15, -0.1) is 0 Å². The molecule has 8 heteroatoms. The van der Waals surface area contributed by atoms with Crippen LogP contribution in [0.25, 0.3) is 0 Å². The van der Waals surface area contributed by atoms with E-state index in [1.807, 2.05) is 17.0 Å². The summed E-state index contributed by atoms with van der Waals surface area (Å²) < 4.78 is 38.4. The number of anilines is 1. The summed E-state index contributed by atoms with van der Waals surface area (Å²) >= 11 is 11.9. The van der Waals surface area contributed by atoms with Gasteiger partial charge in [-0.25, -0.2) is 12.8 Å². The predicted molar refractivity (Wildman–Crippen MR) is 118 cm³/mol. The standard InChI is InChI=1S/C21H23Cl2FN2O2S/c22-19-10-5-16(14-20(19)23)4-2-1-3-13-29(27,28)21-15-26(12-11-25-21)18-8-6-17(24)7-9-18/h3,5-10,13-14,21,25H,1-2,4,11-12,15H2. The van der Waals surface area contributed by atoms with Crippen molar-refractivity contribution in [3.63, 3.8) is 0 Å². The Morgan fingerprint density at radius 1 is 1.14 bits per heavy atom. The van der Waals surface area contributed by atoms with Gasteiger partial charge >= 0.3 is 0 Å². The van der Waals surface area contributed by atoms with Crippen molar-refractivity contribution in [2.75, 3.05) is 24.5 Å². The molecule has 1 N–H and O–H groups in total. The third kappa shape index (κ3) is 6.19. The molecule has 0 saturated carbocycles. The van der Waals surface area contributed by atoms with Crippen molar-refractivity contribution >= 4 is 38.7 Å². The topological polar surface area (TPSA) is 49.4 Å². The van der Waals surface area contributed by atoms with E-state index in [0.29, 0.717) is 36.1 Å². The average molecular weight is 457 g/mol. The molecular weight excluding hydrogens is 434 g/mol. The van der Waals surface area contributed by atoms with Crippen molar-refractivity contribution in [1.29, 1.82) is 0 Å². The minimum Gasteiger partial charge on any atom is -0.368 e. The van der Waals surface area contributed by atoms with Crippen LogP contribution >= 0.6 is 23.2 Å². The number of rotatable bonds is 7. The molecule has 1 aliphatic rings. The third-order valence-corrected chi connectivity index (χ3v) is 7.25. The molecular formula is C21H23Cl2FN2O2S. The lowest BCUT2D eigenvalue weighted by Gasteiger charge is -2.34. The smallest absolute Gasteiger partial charge is 0.188 e. The molecule has 0 aliphatic carbocycles. The summed E-state index contributed by atoms with van der Waals surface area (Å²) in [6.07, 6.45) is 3.95. The highest BCUT2D eigenvalue weighted by atomic mass is 35.5. The first-order valence-corrected chi connectivity index (χ1v) is 11.8. The lowest BCUT2D eigenvalue weighted by atomic mass is 10.1. The fourth-order valence-corrected chi connectivity index (χ4v) is 4.89. The number of unbranched alkanes of at least 4 members (excludes halogenated alkanes) is 1. The van der Waals surface area contributed by atoms with E-state index in [1.165, 1.54) is 17.5 Å². The second-order valence-corrected chi connectivity index (χ2v) is 9.80. The van der Waals surface area contributed by atoms with Gasteiger partial charge in [0.25, 0.3) is 0 Å². The van der Waals surface area contributed by atoms with Crippen LogP contribution in [0, 0.1) is 5.82 Å². The molecule has 0 aromatic heterocycles. The summed E-state index contributed by atoms with van der Waals surface area (Å²) in [5.41, 5.74) is 1.89. The van der Waals surface area contributed by atoms with Gasteiger partial charge in [-0.3, -0.25) is 5.32 Å². The van der Waals surface area contributed by atoms with Gasteiger partial charge in [-0.05, 0) is 61.2 Å². The number of halogens is 3. The summed E-state index contributed by atoms with van der Waals surface area (Å²) in [4.78, 5) is 1.95. The molecule has 2 aromatic carbocycles. The molecule has 1 heterocycles. The summed E-state index contributed by atoms with van der Waals surface area (Å²) in [6.45, 7) is 1.54. The number of nitrogens with one attached hydrogen (secondary N) is 1. The number of allylic oxidation sites excluding steroid dienone is 1. The molecule has 0 radical (unpaired) electrons. The summed E-state index contributed by atoms with van der Waals surface area (Å²) in [7, 11) is -3.44. The number of benzene rings is 2. The molecule has 29 heavy (non-hydrogen) atoms. The zero-order valence-corrected chi connectivity index (χ0v) is 18.2. The van der Waals surface area contributed by atoms with E-state index in [2.05, 4.69) is 5.32 Å². The highest BCUT2D eigenvalue weighted by Gasteiger charge is 2.28. The van der Waals surface area contributed by atoms with E-state index in [1.54, 1.807) is 24.3 Å². The van der Waals surface area contributed by atoms with Crippen molar-refractivity contribution in [3.05, 3.63) is 75.4 Å². The predicted octanol–water partition coefficient (Wildman–Crippen LogP) is 4.82. The fraction of sp³-hybridized carbons (Fsp3) is 0.333. The van der Waals surface area contributed by atoms with E-state index in [4.69, 9.17) is 23.2 Å². The molecule has 1 saturated heterocycles. The lowest BCUT2D eigenvalue weighted by Crippen LogP contribution is -2.53. The maximum atomic E-state index is 13.1. The largest absolute Gasteiger partial charge is 0.368 e. The highest BCUT2D eigenvalue weighted by molar-refractivity contribution is 7.94. The van der Waals surface area contributed by atoms with Gasteiger partial charge in [-0.2, -0.15) is 0 Å². The van der Waals surface area contributed by atoms with Crippen molar-refractivity contribution in [3.8, 4) is 0 Å². The van der Waals surface area contributed by atoms with Gasteiger partial charge in [0.15, 0.2) is 9.84 Å². The summed E-state index contributed by atoms with van der Waals surface area (Å²) in [5.74, 6) is -0.308. The normalized spacial score (nSPS) is 17.8. The molecule has 156 valence electrons. The van der Waals surface area contributed by atoms with Gasteiger partial charge in [0.05, 0.1) is 10.0 Å². The van der Waals surface area contributed by atoms with Crippen LogP contribution in [0.3, 0.4) is 0 Å². The van der Waals surface area contributed by atoms with Gasteiger partial charge in [0.1, 0.15) is 11.2 Å². The Balaban J connectivity index is 1.52. The Bertz CT molecular complexity index is 965. The second-order valence-electron chi connectivity index (χ2n) is 6.97. The van der Waals surface area contributed by atoms with E-state index >= 15 is 0 Å². The van der Waals surface area contributed by atoms with Gasteiger partial charge in [0, 0.05) is 30.7 Å². The van der Waals surface area contributed by atoms with Crippen LogP contribution in [-0.4, -0.2) is 33.4 Å². The first kappa shape index (κ1) is 22.1. The SMILES string of the molecule is O=S(=O)(C=CCCCc1ccc(Cl)c(Cl)c1)C1CN(c2ccc(F)cc2)CCN1. The van der Waals surface area contributed by atoms with E-state index < -0.39 is 15.2 Å². The third-order valence-electron chi connectivity index (χ3n) is 4.83. The monoisotopic (exact) mass is 456 g/mol. The number of sulfone groups is 1. The van der Waals surface area contributed by atoms with Crippen molar-refractivity contribution in [1.82, 2.24) is 5.32 Å². The molecule has 1 unspecified atom stereocenters. The molecule has 1 atom stereocenters. The zero-order valence-electron chi connectivity index (χ0n) is 15.8. The van der Waals surface area contributed by atoms with Crippen molar-refractivity contribution in [2.45, 2.75) is 24.6 Å². The minimum atomic E-state index is -3.44. The lowest BCUT2D eigenvalue weighted by molar-refractivity contribution is 0.514. The van der Waals surface area contributed by atoms with Crippen LogP contribution in [0.2, 0.25) is 10.0 Å². The Kier molecular flexibility index (Phi) is 7.57. The Labute approximate surface area is 181 Å². The molecule has 3 rings (SSSR count). The molecule has 4 nitrogen and oxygen atoms in total. The van der Waals surface area contributed by atoms with Crippen LogP contribution in [0.15, 0.2) is 53.9 Å². The Hall–Kier alpha value is -1.60. The Morgan fingerprint density at radius 2 is 1.90 bits per heavy atom. The van der Waals surface area contributed by atoms with Gasteiger partial charge < -0.3 is 4.90 Å². The molecule has 0 bridgehead atoms. The maximum absolute atomic E-state index is 13.1. The summed E-state index contributed by atoms with van der Waals surface area (Å²) in [5, 5.41) is 4.73. The van der Waals surface area contributed by atoms with Gasteiger partial charge in [0.2, 0.25) is 0 Å². The fourth-order valence-electron chi connectivity index (χ4n) is 3.24. The Morgan fingerprint density at radius 3 is 2.62 bits per heavy atom. The number of hydrogen-bond acceptors (Lipinski definition) is 4. The van der Waals surface area contributed by atoms with Crippen molar-refractivity contribution < 1.29 is 12.8 Å².